The Hall–Kier alpha value is -1.79. The lowest BCUT2D eigenvalue weighted by molar-refractivity contribution is -0.958. The Morgan fingerprint density at radius 3 is 2.46 bits per heavy atom. The molecule has 1 aromatic rings. The summed E-state index contributed by atoms with van der Waals surface area (Å²) in [4.78, 5) is 15.7. The molecule has 0 atom stereocenters. The number of carbonyl (C=O) groups is 1. The molecule has 2 saturated heterocycles. The third kappa shape index (κ3) is 4.89. The van der Waals surface area contributed by atoms with E-state index in [4.69, 9.17) is 9.47 Å². The highest BCUT2D eigenvalue weighted by molar-refractivity contribution is 5.93. The van der Waals surface area contributed by atoms with Crippen molar-refractivity contribution in [2.24, 2.45) is 0 Å². The fraction of sp³-hybridized carbons (Fsp3) is 0.650. The van der Waals surface area contributed by atoms with Crippen molar-refractivity contribution in [3.63, 3.8) is 0 Å². The number of anilines is 1. The highest BCUT2D eigenvalue weighted by atomic mass is 16.5. The molecular formula is C20H33N3O3+2. The van der Waals surface area contributed by atoms with Crippen LogP contribution in [0.15, 0.2) is 18.2 Å². The lowest BCUT2D eigenvalue weighted by Crippen LogP contribution is -3.21. The first-order valence-electron chi connectivity index (χ1n) is 9.89. The summed E-state index contributed by atoms with van der Waals surface area (Å²) in [7, 11) is 3.22. The summed E-state index contributed by atoms with van der Waals surface area (Å²) in [6.07, 6.45) is 6.65. The molecular weight excluding hydrogens is 330 g/mol. The van der Waals surface area contributed by atoms with E-state index < -0.39 is 0 Å². The molecule has 0 spiro atoms. The lowest BCUT2D eigenvalue weighted by Gasteiger charge is -2.35. The highest BCUT2D eigenvalue weighted by Crippen LogP contribution is 2.28. The van der Waals surface area contributed by atoms with Gasteiger partial charge < -0.3 is 24.6 Å². The van der Waals surface area contributed by atoms with Gasteiger partial charge in [-0.1, -0.05) is 0 Å². The van der Waals surface area contributed by atoms with Crippen LogP contribution in [0.2, 0.25) is 0 Å². The molecule has 0 aliphatic carbocycles. The lowest BCUT2D eigenvalue weighted by atomic mass is 10.00. The van der Waals surface area contributed by atoms with Gasteiger partial charge >= 0.3 is 0 Å². The van der Waals surface area contributed by atoms with Gasteiger partial charge in [0.25, 0.3) is 5.91 Å². The van der Waals surface area contributed by atoms with Gasteiger partial charge in [-0.25, -0.2) is 0 Å². The second kappa shape index (κ2) is 9.24. The molecule has 2 aliphatic rings. The van der Waals surface area contributed by atoms with Crippen LogP contribution in [-0.2, 0) is 4.79 Å². The summed E-state index contributed by atoms with van der Waals surface area (Å²) in [6.45, 7) is 5.41. The summed E-state index contributed by atoms with van der Waals surface area (Å²) >= 11 is 0. The van der Waals surface area contributed by atoms with Crippen molar-refractivity contribution >= 4 is 11.6 Å². The van der Waals surface area contributed by atoms with Crippen LogP contribution in [0, 0.1) is 0 Å². The number of carbonyl (C=O) groups excluding carboxylic acids is 1. The second-order valence-electron chi connectivity index (χ2n) is 7.53. The standard InChI is InChI=1S/C20H31N3O3/c1-25-17-6-7-18(19(14-17)26-2)21-20(24)15-22-12-8-16(9-13-22)23-10-4-3-5-11-23/h6-7,14,16H,3-5,8-13,15H2,1-2H3,(H,21,24)/p+2. The number of hydrogen-bond donors (Lipinski definition) is 3. The number of amides is 1. The zero-order valence-corrected chi connectivity index (χ0v) is 16.1. The number of methoxy groups -OCH3 is 2. The van der Waals surface area contributed by atoms with Crippen molar-refractivity contribution in [1.29, 1.82) is 0 Å². The number of benzene rings is 1. The van der Waals surface area contributed by atoms with Crippen LogP contribution in [0.5, 0.6) is 11.5 Å². The van der Waals surface area contributed by atoms with Crippen LogP contribution in [-0.4, -0.2) is 58.9 Å². The molecule has 0 saturated carbocycles. The normalized spacial score (nSPS) is 24.1. The minimum Gasteiger partial charge on any atom is -0.497 e. The van der Waals surface area contributed by atoms with E-state index in [0.717, 1.165) is 19.1 Å². The number of likely N-dealkylation sites (tertiary alicyclic amines) is 2. The van der Waals surface area contributed by atoms with Crippen LogP contribution in [0.1, 0.15) is 32.1 Å². The van der Waals surface area contributed by atoms with Gasteiger partial charge in [0.05, 0.1) is 52.1 Å². The van der Waals surface area contributed by atoms with E-state index >= 15 is 0 Å². The maximum Gasteiger partial charge on any atom is 0.279 e. The van der Waals surface area contributed by atoms with E-state index in [1.54, 1.807) is 20.3 Å². The van der Waals surface area contributed by atoms with Crippen molar-refractivity contribution in [2.75, 3.05) is 52.3 Å². The van der Waals surface area contributed by atoms with Crippen LogP contribution in [0.25, 0.3) is 0 Å². The first-order chi connectivity index (χ1) is 12.7. The Kier molecular flexibility index (Phi) is 6.74. The Labute approximate surface area is 156 Å². The molecule has 6 heteroatoms. The summed E-state index contributed by atoms with van der Waals surface area (Å²) in [6, 6.07) is 6.26. The predicted octanol–water partition coefficient (Wildman–Crippen LogP) is -0.242. The average Bonchev–Trinajstić information content (AvgIpc) is 2.69. The fourth-order valence-corrected chi connectivity index (χ4v) is 4.35. The van der Waals surface area contributed by atoms with E-state index in [9.17, 15) is 4.79 Å². The number of rotatable bonds is 6. The fourth-order valence-electron chi connectivity index (χ4n) is 4.35. The number of hydrogen-bond acceptors (Lipinski definition) is 3. The Balaban J connectivity index is 1.47. The topological polar surface area (TPSA) is 56.4 Å². The zero-order chi connectivity index (χ0) is 18.4. The van der Waals surface area contributed by atoms with Crippen molar-refractivity contribution in [3.05, 3.63) is 18.2 Å². The number of nitrogens with one attached hydrogen (secondary N) is 3. The molecule has 144 valence electrons. The largest absolute Gasteiger partial charge is 0.497 e. The molecule has 1 amide bonds. The molecule has 2 aliphatic heterocycles. The minimum absolute atomic E-state index is 0.0484. The van der Waals surface area contributed by atoms with Crippen LogP contribution in [0.3, 0.4) is 0 Å². The van der Waals surface area contributed by atoms with Gasteiger partial charge in [0.2, 0.25) is 0 Å². The van der Waals surface area contributed by atoms with E-state index in [-0.39, 0.29) is 5.91 Å². The van der Waals surface area contributed by atoms with Crippen molar-refractivity contribution in [1.82, 2.24) is 0 Å². The van der Waals surface area contributed by atoms with Gasteiger partial charge in [-0.3, -0.25) is 4.79 Å². The van der Waals surface area contributed by atoms with E-state index in [0.29, 0.717) is 23.7 Å². The van der Waals surface area contributed by atoms with Gasteiger partial charge in [0.15, 0.2) is 6.54 Å². The molecule has 3 N–H and O–H groups in total. The van der Waals surface area contributed by atoms with Crippen LogP contribution < -0.4 is 24.6 Å². The molecule has 0 radical (unpaired) electrons. The highest BCUT2D eigenvalue weighted by Gasteiger charge is 2.31. The summed E-state index contributed by atoms with van der Waals surface area (Å²) in [5.74, 6) is 1.39. The van der Waals surface area contributed by atoms with E-state index in [1.165, 1.54) is 50.1 Å². The summed E-state index contributed by atoms with van der Waals surface area (Å²) in [5.41, 5.74) is 0.699. The molecule has 2 fully saturated rings. The first-order valence-corrected chi connectivity index (χ1v) is 9.89. The number of quaternary nitrogens is 2. The molecule has 0 bridgehead atoms. The molecule has 0 unspecified atom stereocenters. The Morgan fingerprint density at radius 1 is 1.08 bits per heavy atom. The van der Waals surface area contributed by atoms with Gasteiger partial charge in [0, 0.05) is 18.9 Å². The number of ether oxygens (including phenoxy) is 2. The Morgan fingerprint density at radius 2 is 1.81 bits per heavy atom. The minimum atomic E-state index is 0.0484. The molecule has 1 aromatic carbocycles. The molecule has 26 heavy (non-hydrogen) atoms. The number of piperidine rings is 2. The van der Waals surface area contributed by atoms with Crippen molar-refractivity contribution in [3.8, 4) is 11.5 Å². The predicted molar refractivity (Wildman–Crippen MR) is 101 cm³/mol. The summed E-state index contributed by atoms with van der Waals surface area (Å²) < 4.78 is 10.6. The van der Waals surface area contributed by atoms with Gasteiger partial charge in [-0.15, -0.1) is 0 Å². The average molecular weight is 364 g/mol. The molecule has 6 nitrogen and oxygen atoms in total. The molecule has 0 aromatic heterocycles. The van der Waals surface area contributed by atoms with Crippen LogP contribution >= 0.6 is 0 Å². The van der Waals surface area contributed by atoms with Crippen LogP contribution in [0.4, 0.5) is 5.69 Å². The Bertz CT molecular complexity index is 594. The third-order valence-electron chi connectivity index (χ3n) is 5.86. The SMILES string of the molecule is COc1ccc(NC(=O)C[NH+]2CCC([NH+]3CCCCC3)CC2)c(OC)c1. The summed E-state index contributed by atoms with van der Waals surface area (Å²) in [5, 5.41) is 2.99. The smallest absolute Gasteiger partial charge is 0.279 e. The van der Waals surface area contributed by atoms with Crippen molar-refractivity contribution in [2.45, 2.75) is 38.1 Å². The quantitative estimate of drug-likeness (QED) is 0.654. The maximum absolute atomic E-state index is 12.5. The molecule has 3 rings (SSSR count). The van der Waals surface area contributed by atoms with E-state index in [1.807, 2.05) is 17.0 Å². The van der Waals surface area contributed by atoms with Gasteiger partial charge in [-0.2, -0.15) is 0 Å². The first kappa shape index (κ1) is 19.0. The molecule has 2 heterocycles. The van der Waals surface area contributed by atoms with Gasteiger partial charge in [-0.05, 0) is 31.4 Å². The monoisotopic (exact) mass is 363 g/mol. The second-order valence-corrected chi connectivity index (χ2v) is 7.53. The zero-order valence-electron chi connectivity index (χ0n) is 16.1. The maximum atomic E-state index is 12.5. The third-order valence-corrected chi connectivity index (χ3v) is 5.86. The van der Waals surface area contributed by atoms with Gasteiger partial charge in [0.1, 0.15) is 11.5 Å². The van der Waals surface area contributed by atoms with Crippen molar-refractivity contribution < 1.29 is 24.1 Å². The van der Waals surface area contributed by atoms with E-state index in [2.05, 4.69) is 5.32 Å².